The first kappa shape index (κ1) is 23.6. The molecular formula is C29H31NO4. The summed E-state index contributed by atoms with van der Waals surface area (Å²) in [6.45, 7) is 5.16. The summed E-state index contributed by atoms with van der Waals surface area (Å²) in [5.41, 5.74) is 11.8. The standard InChI is InChI=1S/C29H31NO4/c1-3-8-25-16-24-14-21(15-26(29(24)34-25)22-11-7-9-20(13-22)18-30)19-33-27-12-6-5-10-23(27)17-28(31)32-4-2/h5-7,9-16H,3-4,8,17-19,30H2,1-2H3. The van der Waals surface area contributed by atoms with E-state index in [1.807, 2.05) is 36.4 Å². The van der Waals surface area contributed by atoms with Gasteiger partial charge in [-0.15, -0.1) is 0 Å². The number of benzene rings is 3. The molecule has 0 aliphatic heterocycles. The number of ether oxygens (including phenoxy) is 2. The number of furan rings is 1. The van der Waals surface area contributed by atoms with E-state index in [4.69, 9.17) is 19.6 Å². The number of fused-ring (bicyclic) bond motifs is 1. The zero-order valence-electron chi connectivity index (χ0n) is 19.8. The number of hydrogen-bond acceptors (Lipinski definition) is 5. The number of nitrogens with two attached hydrogens (primary N) is 1. The quantitative estimate of drug-likeness (QED) is 0.287. The van der Waals surface area contributed by atoms with E-state index in [1.54, 1.807) is 6.92 Å². The van der Waals surface area contributed by atoms with Gasteiger partial charge in [-0.2, -0.15) is 0 Å². The summed E-state index contributed by atoms with van der Waals surface area (Å²) >= 11 is 0. The molecule has 0 amide bonds. The second-order valence-electron chi connectivity index (χ2n) is 8.31. The van der Waals surface area contributed by atoms with Gasteiger partial charge in [-0.25, -0.2) is 0 Å². The molecule has 4 aromatic rings. The Labute approximate surface area is 200 Å². The lowest BCUT2D eigenvalue weighted by molar-refractivity contribution is -0.142. The van der Waals surface area contributed by atoms with Gasteiger partial charge in [0.15, 0.2) is 0 Å². The van der Waals surface area contributed by atoms with Gasteiger partial charge in [0.05, 0.1) is 13.0 Å². The maximum absolute atomic E-state index is 12.0. The summed E-state index contributed by atoms with van der Waals surface area (Å²) in [6.07, 6.45) is 2.09. The Morgan fingerprint density at radius 2 is 1.82 bits per heavy atom. The van der Waals surface area contributed by atoms with Gasteiger partial charge in [-0.05, 0) is 60.4 Å². The maximum Gasteiger partial charge on any atom is 0.310 e. The van der Waals surface area contributed by atoms with Gasteiger partial charge in [0.25, 0.3) is 0 Å². The highest BCUT2D eigenvalue weighted by atomic mass is 16.5. The van der Waals surface area contributed by atoms with E-state index < -0.39 is 0 Å². The first-order valence-corrected chi connectivity index (χ1v) is 11.8. The molecule has 0 unspecified atom stereocenters. The third-order valence-electron chi connectivity index (χ3n) is 5.70. The lowest BCUT2D eigenvalue weighted by atomic mass is 9.99. The minimum Gasteiger partial charge on any atom is -0.489 e. The first-order valence-electron chi connectivity index (χ1n) is 11.8. The van der Waals surface area contributed by atoms with E-state index in [1.165, 1.54) is 0 Å². The molecule has 0 saturated carbocycles. The first-order chi connectivity index (χ1) is 16.6. The van der Waals surface area contributed by atoms with Crippen LogP contribution in [0.4, 0.5) is 0 Å². The van der Waals surface area contributed by atoms with E-state index >= 15 is 0 Å². The minimum absolute atomic E-state index is 0.183. The molecule has 0 saturated heterocycles. The Bertz CT molecular complexity index is 1270. The third kappa shape index (κ3) is 5.49. The van der Waals surface area contributed by atoms with E-state index in [0.29, 0.717) is 25.5 Å². The lowest BCUT2D eigenvalue weighted by Crippen LogP contribution is -2.09. The zero-order valence-corrected chi connectivity index (χ0v) is 19.8. The smallest absolute Gasteiger partial charge is 0.310 e. The van der Waals surface area contributed by atoms with Crippen molar-refractivity contribution in [3.05, 3.63) is 89.2 Å². The second-order valence-corrected chi connectivity index (χ2v) is 8.31. The van der Waals surface area contributed by atoms with Crippen molar-refractivity contribution in [2.24, 2.45) is 5.73 Å². The van der Waals surface area contributed by atoms with Crippen molar-refractivity contribution in [2.75, 3.05) is 6.61 Å². The number of esters is 1. The van der Waals surface area contributed by atoms with Gasteiger partial charge in [0, 0.05) is 29.5 Å². The SMILES string of the molecule is CCCc1cc2cc(COc3ccccc3CC(=O)OCC)cc(-c3cccc(CN)c3)c2o1. The number of hydrogen-bond donors (Lipinski definition) is 1. The van der Waals surface area contributed by atoms with Crippen LogP contribution < -0.4 is 10.5 Å². The zero-order chi connectivity index (χ0) is 23.9. The van der Waals surface area contributed by atoms with Gasteiger partial charge in [-0.3, -0.25) is 4.79 Å². The summed E-state index contributed by atoms with van der Waals surface area (Å²) in [5, 5.41) is 1.05. The monoisotopic (exact) mass is 457 g/mol. The summed E-state index contributed by atoms with van der Waals surface area (Å²) in [5.74, 6) is 1.40. The Kier molecular flexibility index (Phi) is 7.65. The average molecular weight is 458 g/mol. The van der Waals surface area contributed by atoms with Crippen molar-refractivity contribution in [3.8, 4) is 16.9 Å². The van der Waals surface area contributed by atoms with Crippen molar-refractivity contribution in [3.63, 3.8) is 0 Å². The van der Waals surface area contributed by atoms with Gasteiger partial charge in [-0.1, -0.05) is 43.3 Å². The highest BCUT2D eigenvalue weighted by Crippen LogP contribution is 2.34. The van der Waals surface area contributed by atoms with Crippen LogP contribution in [-0.2, 0) is 35.5 Å². The van der Waals surface area contributed by atoms with Crippen LogP contribution in [-0.4, -0.2) is 12.6 Å². The molecule has 2 N–H and O–H groups in total. The van der Waals surface area contributed by atoms with Crippen LogP contribution in [0.3, 0.4) is 0 Å². The molecule has 4 rings (SSSR count). The fourth-order valence-corrected chi connectivity index (χ4v) is 4.12. The lowest BCUT2D eigenvalue weighted by Gasteiger charge is -2.13. The number of rotatable bonds is 10. The van der Waals surface area contributed by atoms with Gasteiger partial charge in [0.1, 0.15) is 23.7 Å². The van der Waals surface area contributed by atoms with Crippen molar-refractivity contribution >= 4 is 16.9 Å². The summed E-state index contributed by atoms with van der Waals surface area (Å²) in [6, 6.07) is 22.2. The van der Waals surface area contributed by atoms with Crippen LogP contribution in [0.25, 0.3) is 22.1 Å². The number of carbonyl (C=O) groups is 1. The third-order valence-corrected chi connectivity index (χ3v) is 5.70. The van der Waals surface area contributed by atoms with Gasteiger partial charge in [0.2, 0.25) is 0 Å². The summed E-state index contributed by atoms with van der Waals surface area (Å²) in [7, 11) is 0. The van der Waals surface area contributed by atoms with Crippen LogP contribution in [0.2, 0.25) is 0 Å². The van der Waals surface area contributed by atoms with E-state index in [2.05, 4.69) is 37.3 Å². The van der Waals surface area contributed by atoms with E-state index in [-0.39, 0.29) is 12.4 Å². The summed E-state index contributed by atoms with van der Waals surface area (Å²) < 4.78 is 17.5. The van der Waals surface area contributed by atoms with Crippen LogP contribution in [0.1, 0.15) is 42.7 Å². The molecule has 176 valence electrons. The molecule has 5 heteroatoms. The predicted molar refractivity (Wildman–Crippen MR) is 135 cm³/mol. The Morgan fingerprint density at radius 3 is 2.62 bits per heavy atom. The Balaban J connectivity index is 1.67. The molecule has 0 aliphatic carbocycles. The molecule has 0 bridgehead atoms. The molecule has 0 atom stereocenters. The fourth-order valence-electron chi connectivity index (χ4n) is 4.12. The second kappa shape index (κ2) is 11.0. The molecular weight excluding hydrogens is 426 g/mol. The molecule has 0 aliphatic rings. The maximum atomic E-state index is 12.0. The fraction of sp³-hybridized carbons (Fsp3) is 0.276. The van der Waals surface area contributed by atoms with E-state index in [9.17, 15) is 4.79 Å². The van der Waals surface area contributed by atoms with Crippen molar-refractivity contribution in [1.82, 2.24) is 0 Å². The number of carbonyl (C=O) groups excluding carboxylic acids is 1. The van der Waals surface area contributed by atoms with Gasteiger partial charge >= 0.3 is 5.97 Å². The Morgan fingerprint density at radius 1 is 0.971 bits per heavy atom. The normalized spacial score (nSPS) is 11.0. The highest BCUT2D eigenvalue weighted by molar-refractivity contribution is 5.93. The van der Waals surface area contributed by atoms with Crippen LogP contribution in [0, 0.1) is 0 Å². The van der Waals surface area contributed by atoms with Gasteiger partial charge < -0.3 is 19.6 Å². The van der Waals surface area contributed by atoms with Crippen molar-refractivity contribution in [2.45, 2.75) is 46.3 Å². The minimum atomic E-state index is -0.260. The number of aryl methyl sites for hydroxylation is 1. The van der Waals surface area contributed by atoms with Crippen molar-refractivity contribution in [1.29, 1.82) is 0 Å². The molecule has 3 aromatic carbocycles. The molecule has 1 aromatic heterocycles. The predicted octanol–water partition coefficient (Wildman–Crippen LogP) is 6.20. The molecule has 1 heterocycles. The topological polar surface area (TPSA) is 74.7 Å². The largest absolute Gasteiger partial charge is 0.489 e. The molecule has 0 spiro atoms. The average Bonchev–Trinajstić information content (AvgIpc) is 3.26. The highest BCUT2D eigenvalue weighted by Gasteiger charge is 2.14. The van der Waals surface area contributed by atoms with Crippen LogP contribution >= 0.6 is 0 Å². The molecule has 5 nitrogen and oxygen atoms in total. The molecule has 0 radical (unpaired) electrons. The molecule has 0 fully saturated rings. The number of para-hydroxylation sites is 1. The van der Waals surface area contributed by atoms with E-state index in [0.717, 1.165) is 57.4 Å². The molecule has 34 heavy (non-hydrogen) atoms. The Hall–Kier alpha value is -3.57. The van der Waals surface area contributed by atoms with Crippen LogP contribution in [0.15, 0.2) is 71.1 Å². The van der Waals surface area contributed by atoms with Crippen LogP contribution in [0.5, 0.6) is 5.75 Å². The van der Waals surface area contributed by atoms with Crippen molar-refractivity contribution < 1.29 is 18.7 Å². The summed E-state index contributed by atoms with van der Waals surface area (Å²) in [4.78, 5) is 12.0.